The van der Waals surface area contributed by atoms with E-state index in [4.69, 9.17) is 0 Å². The summed E-state index contributed by atoms with van der Waals surface area (Å²) in [6, 6.07) is 0.656. The van der Waals surface area contributed by atoms with Crippen LogP contribution in [0.2, 0.25) is 0 Å². The first-order valence-electron chi connectivity index (χ1n) is 9.60. The fourth-order valence-corrected chi connectivity index (χ4v) is 5.27. The highest BCUT2D eigenvalue weighted by Gasteiger charge is 2.31. The van der Waals surface area contributed by atoms with Crippen molar-refractivity contribution in [2.45, 2.75) is 83.1 Å². The number of rotatable bonds is 3. The molecule has 0 amide bonds. The van der Waals surface area contributed by atoms with E-state index in [1.54, 1.807) is 11.3 Å². The highest BCUT2D eigenvalue weighted by atomic mass is 14.9. The van der Waals surface area contributed by atoms with Crippen molar-refractivity contribution in [3.63, 3.8) is 0 Å². The SMILES string of the molecule is C1=C(C2CCCC2)C=C(C2CCCC2)NC1C1CCCC1. The lowest BCUT2D eigenvalue weighted by Crippen LogP contribution is -2.37. The molecule has 0 spiro atoms. The predicted molar refractivity (Wildman–Crippen MR) is 89.0 cm³/mol. The molecule has 3 fully saturated rings. The Balaban J connectivity index is 1.56. The third kappa shape index (κ3) is 2.94. The van der Waals surface area contributed by atoms with Crippen LogP contribution in [-0.2, 0) is 0 Å². The molecule has 0 bridgehead atoms. The van der Waals surface area contributed by atoms with E-state index in [9.17, 15) is 0 Å². The standard InChI is InChI=1S/C20H31N/c1-2-8-15(7-1)18-13-19(16-9-3-4-10-16)21-20(14-18)17-11-5-6-12-17/h13-17,19,21H,1-12H2. The summed E-state index contributed by atoms with van der Waals surface area (Å²) in [4.78, 5) is 0. The van der Waals surface area contributed by atoms with Gasteiger partial charge >= 0.3 is 0 Å². The first kappa shape index (κ1) is 13.9. The summed E-state index contributed by atoms with van der Waals surface area (Å²) in [5.41, 5.74) is 3.33. The Morgan fingerprint density at radius 3 is 1.95 bits per heavy atom. The molecule has 1 heterocycles. The minimum Gasteiger partial charge on any atom is -0.382 e. The second-order valence-corrected chi connectivity index (χ2v) is 7.94. The summed E-state index contributed by atoms with van der Waals surface area (Å²) in [6.07, 6.45) is 22.6. The number of hydrogen-bond donors (Lipinski definition) is 1. The van der Waals surface area contributed by atoms with Gasteiger partial charge in [0.1, 0.15) is 0 Å². The summed E-state index contributed by atoms with van der Waals surface area (Å²) in [5, 5.41) is 3.98. The zero-order valence-electron chi connectivity index (χ0n) is 13.4. The summed E-state index contributed by atoms with van der Waals surface area (Å²) in [5.74, 6) is 2.64. The van der Waals surface area contributed by atoms with E-state index in [0.29, 0.717) is 6.04 Å². The molecule has 0 saturated heterocycles. The van der Waals surface area contributed by atoms with Crippen LogP contribution in [0.1, 0.15) is 77.0 Å². The Morgan fingerprint density at radius 2 is 1.29 bits per heavy atom. The summed E-state index contributed by atoms with van der Waals surface area (Å²) < 4.78 is 0. The molecule has 0 aromatic carbocycles. The molecular weight excluding hydrogens is 254 g/mol. The van der Waals surface area contributed by atoms with Crippen LogP contribution in [0, 0.1) is 17.8 Å². The van der Waals surface area contributed by atoms with E-state index in [-0.39, 0.29) is 0 Å². The van der Waals surface area contributed by atoms with Crippen molar-refractivity contribution in [3.05, 3.63) is 23.4 Å². The minimum absolute atomic E-state index is 0.656. The fourth-order valence-electron chi connectivity index (χ4n) is 5.27. The number of allylic oxidation sites excluding steroid dienone is 3. The van der Waals surface area contributed by atoms with Crippen molar-refractivity contribution >= 4 is 0 Å². The smallest absolute Gasteiger partial charge is 0.0475 e. The lowest BCUT2D eigenvalue weighted by molar-refractivity contribution is 0.407. The Hall–Kier alpha value is -0.720. The maximum Gasteiger partial charge on any atom is 0.0475 e. The third-order valence-corrected chi connectivity index (χ3v) is 6.56. The van der Waals surface area contributed by atoms with Gasteiger partial charge in [-0.25, -0.2) is 0 Å². The highest BCUT2D eigenvalue weighted by molar-refractivity contribution is 5.34. The molecule has 1 unspecified atom stereocenters. The molecule has 1 nitrogen and oxygen atoms in total. The number of nitrogens with one attached hydrogen (secondary N) is 1. The quantitative estimate of drug-likeness (QED) is 0.738. The Bertz CT molecular complexity index is 415. The van der Waals surface area contributed by atoms with E-state index in [1.165, 1.54) is 77.0 Å². The highest BCUT2D eigenvalue weighted by Crippen LogP contribution is 2.39. The van der Waals surface area contributed by atoms with Crippen LogP contribution in [0.5, 0.6) is 0 Å². The van der Waals surface area contributed by atoms with Crippen molar-refractivity contribution in [2.24, 2.45) is 17.8 Å². The van der Waals surface area contributed by atoms with Gasteiger partial charge in [-0.1, -0.05) is 44.6 Å². The van der Waals surface area contributed by atoms with E-state index in [1.807, 2.05) is 0 Å². The average molecular weight is 285 g/mol. The van der Waals surface area contributed by atoms with Crippen LogP contribution in [0.25, 0.3) is 0 Å². The second-order valence-electron chi connectivity index (χ2n) is 7.94. The Morgan fingerprint density at radius 1 is 0.714 bits per heavy atom. The lowest BCUT2D eigenvalue weighted by atomic mass is 9.85. The van der Waals surface area contributed by atoms with Crippen molar-refractivity contribution < 1.29 is 0 Å². The molecule has 1 N–H and O–H groups in total. The number of dihydropyridines is 1. The molecule has 4 rings (SSSR count). The predicted octanol–water partition coefficient (Wildman–Crippen LogP) is 5.34. The average Bonchev–Trinajstić information content (AvgIpc) is 3.29. The summed E-state index contributed by atoms with van der Waals surface area (Å²) in [7, 11) is 0. The molecule has 0 radical (unpaired) electrons. The van der Waals surface area contributed by atoms with Crippen LogP contribution in [0.4, 0.5) is 0 Å². The molecule has 1 atom stereocenters. The van der Waals surface area contributed by atoms with E-state index in [0.717, 1.165) is 17.8 Å². The molecule has 3 saturated carbocycles. The molecule has 0 aromatic rings. The monoisotopic (exact) mass is 285 g/mol. The maximum atomic E-state index is 3.98. The van der Waals surface area contributed by atoms with Gasteiger partial charge in [-0.2, -0.15) is 0 Å². The van der Waals surface area contributed by atoms with Crippen molar-refractivity contribution in [2.75, 3.05) is 0 Å². The molecular formula is C20H31N. The Labute approximate surface area is 130 Å². The molecule has 3 aliphatic carbocycles. The van der Waals surface area contributed by atoms with Crippen molar-refractivity contribution in [1.29, 1.82) is 0 Å². The van der Waals surface area contributed by atoms with Crippen LogP contribution in [-0.4, -0.2) is 6.04 Å². The summed E-state index contributed by atoms with van der Waals surface area (Å²) >= 11 is 0. The van der Waals surface area contributed by atoms with Gasteiger partial charge in [0.15, 0.2) is 0 Å². The van der Waals surface area contributed by atoms with Gasteiger partial charge in [-0.05, 0) is 67.9 Å². The topological polar surface area (TPSA) is 12.0 Å². The van der Waals surface area contributed by atoms with E-state index < -0.39 is 0 Å². The first-order chi connectivity index (χ1) is 10.4. The third-order valence-electron chi connectivity index (χ3n) is 6.56. The van der Waals surface area contributed by atoms with Crippen LogP contribution < -0.4 is 5.32 Å². The molecule has 21 heavy (non-hydrogen) atoms. The van der Waals surface area contributed by atoms with Gasteiger partial charge in [0.05, 0.1) is 0 Å². The summed E-state index contributed by atoms with van der Waals surface area (Å²) in [6.45, 7) is 0. The largest absolute Gasteiger partial charge is 0.382 e. The minimum atomic E-state index is 0.656. The lowest BCUT2D eigenvalue weighted by Gasteiger charge is -2.33. The molecule has 4 aliphatic rings. The maximum absolute atomic E-state index is 3.98. The van der Waals surface area contributed by atoms with Gasteiger partial charge in [0.2, 0.25) is 0 Å². The first-order valence-corrected chi connectivity index (χ1v) is 9.60. The molecule has 1 aliphatic heterocycles. The van der Waals surface area contributed by atoms with E-state index in [2.05, 4.69) is 17.5 Å². The molecule has 1 heteroatoms. The van der Waals surface area contributed by atoms with Crippen LogP contribution in [0.15, 0.2) is 23.4 Å². The van der Waals surface area contributed by atoms with Gasteiger partial charge in [0, 0.05) is 11.7 Å². The normalized spacial score (nSPS) is 32.3. The number of hydrogen-bond acceptors (Lipinski definition) is 1. The van der Waals surface area contributed by atoms with E-state index >= 15 is 0 Å². The van der Waals surface area contributed by atoms with Crippen molar-refractivity contribution in [3.8, 4) is 0 Å². The van der Waals surface area contributed by atoms with Gasteiger partial charge < -0.3 is 5.32 Å². The van der Waals surface area contributed by atoms with Crippen LogP contribution in [0.3, 0.4) is 0 Å². The zero-order chi connectivity index (χ0) is 14.1. The Kier molecular flexibility index (Phi) is 4.10. The van der Waals surface area contributed by atoms with Crippen molar-refractivity contribution in [1.82, 2.24) is 5.32 Å². The van der Waals surface area contributed by atoms with Gasteiger partial charge in [-0.15, -0.1) is 0 Å². The van der Waals surface area contributed by atoms with Gasteiger partial charge in [0.25, 0.3) is 0 Å². The second kappa shape index (κ2) is 6.18. The zero-order valence-corrected chi connectivity index (χ0v) is 13.4. The van der Waals surface area contributed by atoms with Crippen LogP contribution >= 0.6 is 0 Å². The molecule has 116 valence electrons. The fraction of sp³-hybridized carbons (Fsp3) is 0.800. The molecule has 0 aromatic heterocycles. The van der Waals surface area contributed by atoms with Gasteiger partial charge in [-0.3, -0.25) is 0 Å².